The number of esters is 1. The molecule has 3 aliphatic rings. The monoisotopic (exact) mass is 566 g/mol. The second-order valence-electron chi connectivity index (χ2n) is 11.9. The van der Waals surface area contributed by atoms with E-state index in [0.717, 1.165) is 16.8 Å². The van der Waals surface area contributed by atoms with Crippen LogP contribution in [-0.4, -0.2) is 70.8 Å². The van der Waals surface area contributed by atoms with Gasteiger partial charge in [-0.2, -0.15) is 0 Å². The number of carbonyl (C=O) groups is 3. The zero-order valence-corrected chi connectivity index (χ0v) is 25.2. The van der Waals surface area contributed by atoms with E-state index in [2.05, 4.69) is 13.2 Å². The third kappa shape index (κ3) is 4.83. The average Bonchev–Trinajstić information content (AvgIpc) is 3.56. The molecule has 1 N–H and O–H groups in total. The number of rotatable bonds is 13. The maximum absolute atomic E-state index is 14.9. The molecule has 1 spiro atoms. The quantitative estimate of drug-likeness (QED) is 0.215. The van der Waals surface area contributed by atoms with Crippen molar-refractivity contribution in [2.24, 2.45) is 17.8 Å². The lowest BCUT2D eigenvalue weighted by atomic mass is 9.65. The first kappa shape index (κ1) is 31.0. The lowest BCUT2D eigenvalue weighted by Crippen LogP contribution is -2.60. The highest BCUT2D eigenvalue weighted by molar-refractivity contribution is 6.05. The van der Waals surface area contributed by atoms with Crippen LogP contribution in [-0.2, 0) is 23.9 Å². The summed E-state index contributed by atoms with van der Waals surface area (Å²) in [5.74, 6) is -2.86. The van der Waals surface area contributed by atoms with E-state index >= 15 is 0 Å². The number of aliphatic hydroxyl groups excluding tert-OH is 1. The summed E-state index contributed by atoms with van der Waals surface area (Å²) in [7, 11) is 0. The van der Waals surface area contributed by atoms with E-state index in [-0.39, 0.29) is 37.5 Å². The highest BCUT2D eigenvalue weighted by Crippen LogP contribution is 2.65. The Kier molecular flexibility index (Phi) is 9.14. The van der Waals surface area contributed by atoms with Crippen molar-refractivity contribution in [1.29, 1.82) is 0 Å². The summed E-state index contributed by atoms with van der Waals surface area (Å²) < 4.78 is 12.5. The number of fused-ring (bicyclic) bond motifs is 1. The fraction of sp³-hybridized carbons (Fsp3) is 0.606. The second kappa shape index (κ2) is 12.1. The lowest BCUT2D eigenvalue weighted by molar-refractivity contribution is -0.162. The van der Waals surface area contributed by atoms with Crippen molar-refractivity contribution in [1.82, 2.24) is 4.90 Å². The highest BCUT2D eigenvalue weighted by atomic mass is 16.6. The van der Waals surface area contributed by atoms with Gasteiger partial charge in [0.15, 0.2) is 0 Å². The first-order valence-corrected chi connectivity index (χ1v) is 15.0. The molecule has 224 valence electrons. The zero-order chi connectivity index (χ0) is 30.1. The van der Waals surface area contributed by atoms with Gasteiger partial charge in [-0.05, 0) is 56.6 Å². The van der Waals surface area contributed by atoms with Crippen LogP contribution in [0.15, 0.2) is 43.5 Å². The van der Waals surface area contributed by atoms with Gasteiger partial charge >= 0.3 is 5.97 Å². The van der Waals surface area contributed by atoms with Crippen molar-refractivity contribution in [2.45, 2.75) is 90.0 Å². The van der Waals surface area contributed by atoms with E-state index in [4.69, 9.17) is 9.47 Å². The lowest BCUT2D eigenvalue weighted by Gasteiger charge is -2.41. The molecular weight excluding hydrogens is 520 g/mol. The number of ether oxygens (including phenoxy) is 2. The first-order chi connectivity index (χ1) is 19.6. The summed E-state index contributed by atoms with van der Waals surface area (Å²) >= 11 is 0. The van der Waals surface area contributed by atoms with E-state index in [1.807, 2.05) is 52.8 Å². The molecule has 7 atom stereocenters. The van der Waals surface area contributed by atoms with Crippen LogP contribution < -0.4 is 4.90 Å². The smallest absolute Gasteiger partial charge is 0.312 e. The van der Waals surface area contributed by atoms with Gasteiger partial charge in [-0.1, -0.05) is 57.5 Å². The Morgan fingerprint density at radius 3 is 2.46 bits per heavy atom. The number of aryl methyl sites for hydroxylation is 2. The number of anilines is 1. The van der Waals surface area contributed by atoms with Gasteiger partial charge in [-0.3, -0.25) is 14.4 Å². The Bertz CT molecular complexity index is 1180. The molecule has 0 saturated carbocycles. The van der Waals surface area contributed by atoms with Gasteiger partial charge in [0.1, 0.15) is 17.6 Å². The Balaban J connectivity index is 1.89. The van der Waals surface area contributed by atoms with Gasteiger partial charge in [-0.15, -0.1) is 13.2 Å². The number of aliphatic hydroxyl groups is 1. The van der Waals surface area contributed by atoms with Gasteiger partial charge < -0.3 is 24.4 Å². The molecule has 1 aromatic carbocycles. The summed E-state index contributed by atoms with van der Waals surface area (Å²) in [4.78, 5) is 46.4. The predicted octanol–water partition coefficient (Wildman–Crippen LogP) is 4.50. The normalized spacial score (nSPS) is 29.7. The summed E-state index contributed by atoms with van der Waals surface area (Å²) in [5.41, 5.74) is 0.533. The van der Waals surface area contributed by atoms with Crippen LogP contribution in [0.25, 0.3) is 0 Å². The Morgan fingerprint density at radius 2 is 1.90 bits per heavy atom. The fourth-order valence-corrected chi connectivity index (χ4v) is 7.60. The third-order valence-electron chi connectivity index (χ3n) is 9.81. The molecule has 3 fully saturated rings. The number of hydrogen-bond acceptors (Lipinski definition) is 6. The van der Waals surface area contributed by atoms with E-state index in [9.17, 15) is 19.5 Å². The first-order valence-electron chi connectivity index (χ1n) is 15.0. The number of amides is 2. The summed E-state index contributed by atoms with van der Waals surface area (Å²) in [6.45, 7) is 17.6. The van der Waals surface area contributed by atoms with Crippen LogP contribution in [0.2, 0.25) is 0 Å². The molecule has 0 aliphatic carbocycles. The number of benzene rings is 1. The summed E-state index contributed by atoms with van der Waals surface area (Å²) in [5, 5.41) is 10.6. The Morgan fingerprint density at radius 1 is 1.22 bits per heavy atom. The number of likely N-dealkylation sites (tertiary alicyclic amines) is 1. The van der Waals surface area contributed by atoms with Crippen molar-refractivity contribution in [3.63, 3.8) is 0 Å². The zero-order valence-electron chi connectivity index (χ0n) is 25.2. The molecule has 8 nitrogen and oxygen atoms in total. The van der Waals surface area contributed by atoms with Crippen molar-refractivity contribution >= 4 is 23.5 Å². The largest absolute Gasteiger partial charge is 0.465 e. The van der Waals surface area contributed by atoms with E-state index in [1.165, 1.54) is 0 Å². The summed E-state index contributed by atoms with van der Waals surface area (Å²) in [6.07, 6.45) is 6.09. The molecule has 41 heavy (non-hydrogen) atoms. The molecule has 3 aliphatic heterocycles. The van der Waals surface area contributed by atoms with E-state index in [1.54, 1.807) is 22.0 Å². The third-order valence-corrected chi connectivity index (χ3v) is 9.81. The van der Waals surface area contributed by atoms with Gasteiger partial charge in [0.05, 0.1) is 30.8 Å². The Labute approximate surface area is 244 Å². The molecule has 2 amide bonds. The van der Waals surface area contributed by atoms with Gasteiger partial charge in [0.2, 0.25) is 5.91 Å². The second-order valence-corrected chi connectivity index (χ2v) is 11.9. The average molecular weight is 567 g/mol. The predicted molar refractivity (Wildman–Crippen MR) is 158 cm³/mol. The molecule has 0 aromatic heterocycles. The minimum absolute atomic E-state index is 0.0853. The van der Waals surface area contributed by atoms with Crippen LogP contribution in [0.3, 0.4) is 0 Å². The topological polar surface area (TPSA) is 96.4 Å². The van der Waals surface area contributed by atoms with E-state index in [0.29, 0.717) is 32.1 Å². The van der Waals surface area contributed by atoms with Crippen molar-refractivity contribution in [3.05, 3.63) is 54.6 Å². The molecular formula is C33H46N2O6. The minimum Gasteiger partial charge on any atom is -0.465 e. The highest BCUT2D eigenvalue weighted by Gasteiger charge is 2.79. The molecule has 3 heterocycles. The minimum atomic E-state index is -1.21. The van der Waals surface area contributed by atoms with Crippen LogP contribution in [0.5, 0.6) is 0 Å². The molecule has 1 aromatic rings. The van der Waals surface area contributed by atoms with Crippen molar-refractivity contribution in [3.8, 4) is 0 Å². The number of para-hydroxylation sites is 1. The Hall–Kier alpha value is -2.97. The van der Waals surface area contributed by atoms with Crippen molar-refractivity contribution in [2.75, 3.05) is 24.7 Å². The van der Waals surface area contributed by atoms with Crippen LogP contribution >= 0.6 is 0 Å². The van der Waals surface area contributed by atoms with Gasteiger partial charge in [0.25, 0.3) is 5.91 Å². The van der Waals surface area contributed by atoms with E-state index < -0.39 is 41.1 Å². The van der Waals surface area contributed by atoms with Gasteiger partial charge in [-0.25, -0.2) is 0 Å². The molecule has 0 radical (unpaired) electrons. The molecule has 8 heteroatoms. The molecule has 2 bridgehead atoms. The summed E-state index contributed by atoms with van der Waals surface area (Å²) in [6, 6.07) is 4.25. The number of nitrogens with zero attached hydrogens (tertiary/aromatic N) is 2. The van der Waals surface area contributed by atoms with Crippen molar-refractivity contribution < 1.29 is 29.0 Å². The van der Waals surface area contributed by atoms with Crippen LogP contribution in [0, 0.1) is 31.6 Å². The number of hydrogen-bond donors (Lipinski definition) is 1. The fourth-order valence-electron chi connectivity index (χ4n) is 7.60. The maximum atomic E-state index is 14.9. The standard InChI is InChI=1S/C33H46N2O6/c1-8-12-19-40-31(39)26-25-29(37)35(24(20-36)21(5)10-3)28(33(25)17-16-32(26,11-4)41-33)30(38)34(18-9-2)27-22(6)14-13-15-23(27)7/h8-9,13-15,21,24-26,28,36H,1-2,10-12,16-20H2,3-7H3/t21-,24-,25-,26+,28?,32-,33?/m0/s1. The SMILES string of the molecule is C=CCCOC(=O)[C@H]1[C@H]2C(=O)N([C@@H](CO)[C@@H](C)CC)C(C(=O)N(CC=C)c3c(C)cccc3C)C23CC[C@]1(CC)O3. The maximum Gasteiger partial charge on any atom is 0.312 e. The van der Waals surface area contributed by atoms with Crippen LogP contribution in [0.1, 0.15) is 64.0 Å². The number of carbonyl (C=O) groups excluding carboxylic acids is 3. The molecule has 4 rings (SSSR count). The van der Waals surface area contributed by atoms with Crippen LogP contribution in [0.4, 0.5) is 5.69 Å². The molecule has 2 unspecified atom stereocenters. The van der Waals surface area contributed by atoms with Gasteiger partial charge in [0, 0.05) is 12.2 Å². The molecule has 3 saturated heterocycles.